The number of carbonyl (C=O) groups is 1. The number of imidazole rings is 2. The maximum absolute atomic E-state index is 13.7. The van der Waals surface area contributed by atoms with Crippen molar-refractivity contribution in [1.82, 2.24) is 24.7 Å². The first kappa shape index (κ1) is 24.7. The fourth-order valence-corrected chi connectivity index (χ4v) is 8.89. The molecule has 2 bridgehead atoms. The molecule has 2 aromatic heterocycles. The minimum atomic E-state index is -3.91. The van der Waals surface area contributed by atoms with Crippen LogP contribution >= 0.6 is 0 Å². The van der Waals surface area contributed by atoms with Crippen LogP contribution in [0.1, 0.15) is 62.7 Å². The minimum absolute atomic E-state index is 0.0378. The molecule has 2 saturated carbocycles. The molecule has 2 aliphatic carbocycles. The van der Waals surface area contributed by atoms with Crippen LogP contribution in [-0.4, -0.2) is 51.3 Å². The van der Waals surface area contributed by atoms with Gasteiger partial charge in [-0.15, -0.1) is 0 Å². The molecule has 2 aromatic carbocycles. The summed E-state index contributed by atoms with van der Waals surface area (Å²) in [5.41, 5.74) is 8.76. The second-order valence-electron chi connectivity index (χ2n) is 11.1. The first-order valence-corrected chi connectivity index (χ1v) is 14.3. The van der Waals surface area contributed by atoms with Gasteiger partial charge >= 0.3 is 0 Å². The Morgan fingerprint density at radius 2 is 1.82 bits per heavy atom. The first-order valence-electron chi connectivity index (χ1n) is 12.8. The van der Waals surface area contributed by atoms with E-state index in [0.29, 0.717) is 42.0 Å². The van der Waals surface area contributed by atoms with Crippen molar-refractivity contribution in [2.75, 3.05) is 6.54 Å². The highest BCUT2D eigenvalue weighted by molar-refractivity contribution is 7.91. The molecular formula is C27H31N7O3S. The Labute approximate surface area is 220 Å². The normalized spacial score (nSPS) is 23.4. The number of amidine groups is 1. The number of benzene rings is 2. The Kier molecular flexibility index (Phi) is 5.52. The standard InChI is InChI=1S/C27H31N7O3S/c1-26(2)16-9-11-27(26,22(35)14-16)38(36,37)30-12-10-17(24-31-18-5-3-4-6-19(18)32-24)25-33-20-8-7-15(23(28)29)13-21(20)34-25/h3-8,13,16-17,30H,9-12,14H2,1-2H3,(H3,28,29)(H,31,32)(H,33,34). The van der Waals surface area contributed by atoms with Crippen LogP contribution in [-0.2, 0) is 14.8 Å². The van der Waals surface area contributed by atoms with Crippen LogP contribution in [0.3, 0.4) is 0 Å². The van der Waals surface area contributed by atoms with E-state index < -0.39 is 20.2 Å². The maximum Gasteiger partial charge on any atom is 0.225 e. The molecular weight excluding hydrogens is 502 g/mol. The molecule has 2 heterocycles. The minimum Gasteiger partial charge on any atom is -0.384 e. The quantitative estimate of drug-likeness (QED) is 0.172. The van der Waals surface area contributed by atoms with E-state index in [1.54, 1.807) is 18.2 Å². The van der Waals surface area contributed by atoms with E-state index in [9.17, 15) is 13.2 Å². The Balaban J connectivity index is 1.32. The molecule has 0 saturated heterocycles. The fraction of sp³-hybridized carbons (Fsp3) is 0.407. The van der Waals surface area contributed by atoms with Crippen molar-refractivity contribution in [3.63, 3.8) is 0 Å². The van der Waals surface area contributed by atoms with Gasteiger partial charge in [-0.3, -0.25) is 10.2 Å². The highest BCUT2D eigenvalue weighted by atomic mass is 32.2. The Morgan fingerprint density at radius 3 is 2.45 bits per heavy atom. The van der Waals surface area contributed by atoms with Crippen molar-refractivity contribution in [1.29, 1.82) is 5.41 Å². The smallest absolute Gasteiger partial charge is 0.225 e. The summed E-state index contributed by atoms with van der Waals surface area (Å²) < 4.78 is 28.7. The summed E-state index contributed by atoms with van der Waals surface area (Å²) in [6.45, 7) is 3.95. The van der Waals surface area contributed by atoms with Crippen LogP contribution in [0, 0.1) is 16.7 Å². The molecule has 11 heteroatoms. The maximum atomic E-state index is 13.7. The SMILES string of the molecule is CC1(C)C2CCC1(S(=O)(=O)NCCC(c1nc3ccccc3[nH]1)c1nc3ccc(C(=N)N)cc3[nH]1)C(=O)C2. The number of para-hydroxylation sites is 2. The Morgan fingerprint density at radius 1 is 1.13 bits per heavy atom. The van der Waals surface area contributed by atoms with Crippen molar-refractivity contribution in [3.05, 3.63) is 59.7 Å². The number of aromatic nitrogens is 4. The molecule has 3 unspecified atom stereocenters. The lowest BCUT2D eigenvalue weighted by atomic mass is 9.81. The Hall–Kier alpha value is -3.57. The van der Waals surface area contributed by atoms with Crippen LogP contribution in [0.2, 0.25) is 0 Å². The second kappa shape index (κ2) is 8.47. The van der Waals surface area contributed by atoms with Gasteiger partial charge in [-0.1, -0.05) is 26.0 Å². The zero-order valence-corrected chi connectivity index (χ0v) is 22.2. The van der Waals surface area contributed by atoms with Gasteiger partial charge in [-0.05, 0) is 60.9 Å². The van der Waals surface area contributed by atoms with Crippen LogP contribution < -0.4 is 10.5 Å². The lowest BCUT2D eigenvalue weighted by Crippen LogP contribution is -2.55. The monoisotopic (exact) mass is 533 g/mol. The van der Waals surface area contributed by atoms with Crippen molar-refractivity contribution >= 4 is 43.7 Å². The fourth-order valence-electron chi connectivity index (χ4n) is 6.63. The third-order valence-electron chi connectivity index (χ3n) is 8.85. The van der Waals surface area contributed by atoms with Crippen LogP contribution in [0.4, 0.5) is 0 Å². The first-order chi connectivity index (χ1) is 18.0. The molecule has 0 spiro atoms. The number of nitrogen functional groups attached to an aromatic ring is 1. The third kappa shape index (κ3) is 3.52. The zero-order valence-electron chi connectivity index (χ0n) is 21.3. The molecule has 0 amide bonds. The lowest BCUT2D eigenvalue weighted by molar-refractivity contribution is -0.121. The van der Waals surface area contributed by atoms with E-state index in [1.165, 1.54) is 0 Å². The molecule has 10 nitrogen and oxygen atoms in total. The largest absolute Gasteiger partial charge is 0.384 e. The number of nitrogens with one attached hydrogen (secondary N) is 4. The van der Waals surface area contributed by atoms with E-state index in [-0.39, 0.29) is 30.0 Å². The molecule has 2 aliphatic rings. The van der Waals surface area contributed by atoms with Gasteiger partial charge in [0.2, 0.25) is 10.0 Å². The average Bonchev–Trinajstić information content (AvgIpc) is 3.59. The summed E-state index contributed by atoms with van der Waals surface area (Å²) in [7, 11) is -3.91. The number of carbonyl (C=O) groups excluding carboxylic acids is 1. The highest BCUT2D eigenvalue weighted by Crippen LogP contribution is 2.61. The molecule has 0 radical (unpaired) electrons. The summed E-state index contributed by atoms with van der Waals surface area (Å²) in [6, 6.07) is 13.0. The van der Waals surface area contributed by atoms with Gasteiger partial charge in [-0.2, -0.15) is 0 Å². The number of nitrogens with zero attached hydrogens (tertiary/aromatic N) is 2. The molecule has 4 aromatic rings. The van der Waals surface area contributed by atoms with Gasteiger partial charge in [0.05, 0.1) is 28.0 Å². The highest BCUT2D eigenvalue weighted by Gasteiger charge is 2.70. The van der Waals surface area contributed by atoms with E-state index >= 15 is 0 Å². The number of rotatable bonds is 8. The Bertz CT molecular complexity index is 1670. The number of sulfonamides is 1. The van der Waals surface area contributed by atoms with Gasteiger partial charge in [-0.25, -0.2) is 23.1 Å². The number of Topliss-reactive ketones (excluding diaryl/α,β-unsaturated/α-hetero) is 1. The van der Waals surface area contributed by atoms with E-state index in [4.69, 9.17) is 21.1 Å². The lowest BCUT2D eigenvalue weighted by Gasteiger charge is -2.35. The number of ketones is 1. The molecule has 6 N–H and O–H groups in total. The van der Waals surface area contributed by atoms with Crippen LogP contribution in [0.15, 0.2) is 42.5 Å². The second-order valence-corrected chi connectivity index (χ2v) is 13.0. The van der Waals surface area contributed by atoms with Crippen molar-refractivity contribution in [2.24, 2.45) is 17.1 Å². The van der Waals surface area contributed by atoms with Gasteiger partial charge < -0.3 is 15.7 Å². The summed E-state index contributed by atoms with van der Waals surface area (Å²) in [5.74, 6) is 0.801. The predicted octanol–water partition coefficient (Wildman–Crippen LogP) is 3.31. The molecule has 3 atom stereocenters. The third-order valence-corrected chi connectivity index (χ3v) is 11.3. The number of hydrogen-bond donors (Lipinski definition) is 5. The van der Waals surface area contributed by atoms with Gasteiger partial charge in [0, 0.05) is 18.5 Å². The zero-order chi connectivity index (χ0) is 26.9. The summed E-state index contributed by atoms with van der Waals surface area (Å²) in [5, 5.41) is 7.73. The molecule has 2 fully saturated rings. The van der Waals surface area contributed by atoms with Crippen LogP contribution in [0.25, 0.3) is 22.1 Å². The van der Waals surface area contributed by atoms with E-state index in [0.717, 1.165) is 23.0 Å². The summed E-state index contributed by atoms with van der Waals surface area (Å²) in [4.78, 5) is 29.2. The average molecular weight is 534 g/mol. The van der Waals surface area contributed by atoms with E-state index in [2.05, 4.69) is 14.7 Å². The van der Waals surface area contributed by atoms with Gasteiger partial charge in [0.25, 0.3) is 0 Å². The topological polar surface area (TPSA) is 170 Å². The van der Waals surface area contributed by atoms with Crippen molar-refractivity contribution < 1.29 is 13.2 Å². The summed E-state index contributed by atoms with van der Waals surface area (Å²) in [6.07, 6.45) is 1.82. The summed E-state index contributed by atoms with van der Waals surface area (Å²) >= 11 is 0. The number of fused-ring (bicyclic) bond motifs is 4. The number of hydrogen-bond acceptors (Lipinski definition) is 6. The van der Waals surface area contributed by atoms with E-state index in [1.807, 2.05) is 38.1 Å². The van der Waals surface area contributed by atoms with Crippen molar-refractivity contribution in [3.8, 4) is 0 Å². The van der Waals surface area contributed by atoms with Gasteiger partial charge in [0.15, 0.2) is 5.78 Å². The van der Waals surface area contributed by atoms with Gasteiger partial charge in [0.1, 0.15) is 22.2 Å². The number of nitrogens with two attached hydrogens (primary N) is 1. The predicted molar refractivity (Wildman–Crippen MR) is 145 cm³/mol. The van der Waals surface area contributed by atoms with Crippen molar-refractivity contribution in [2.45, 2.75) is 50.2 Å². The molecule has 198 valence electrons. The molecule has 0 aliphatic heterocycles. The molecule has 6 rings (SSSR count). The number of H-pyrrole nitrogens is 2. The number of aromatic amines is 2. The molecule has 38 heavy (non-hydrogen) atoms. The van der Waals surface area contributed by atoms with Crippen LogP contribution in [0.5, 0.6) is 0 Å².